The summed E-state index contributed by atoms with van der Waals surface area (Å²) < 4.78 is 11.0. The lowest BCUT2D eigenvalue weighted by atomic mass is 10.1. The van der Waals surface area contributed by atoms with Gasteiger partial charge in [-0.15, -0.1) is 0 Å². The molecule has 1 N–H and O–H groups in total. The summed E-state index contributed by atoms with van der Waals surface area (Å²) in [4.78, 5) is 27.1. The number of likely N-dealkylation sites (tertiary alicyclic amines) is 1. The lowest BCUT2D eigenvalue weighted by Crippen LogP contribution is -2.58. The van der Waals surface area contributed by atoms with Crippen LogP contribution in [0.4, 0.5) is 4.79 Å². The van der Waals surface area contributed by atoms with Crippen molar-refractivity contribution >= 4 is 12.0 Å². The van der Waals surface area contributed by atoms with Crippen LogP contribution in [0.3, 0.4) is 0 Å². The maximum atomic E-state index is 12.7. The molecule has 0 aromatic carbocycles. The van der Waals surface area contributed by atoms with Crippen LogP contribution >= 0.6 is 0 Å². The van der Waals surface area contributed by atoms with Gasteiger partial charge in [0, 0.05) is 26.6 Å². The van der Waals surface area contributed by atoms with E-state index in [0.717, 1.165) is 0 Å². The third-order valence-electron chi connectivity index (χ3n) is 3.97. The number of hydrogen-bond donors (Lipinski definition) is 1. The summed E-state index contributed by atoms with van der Waals surface area (Å²) in [5.74, 6) is -0.983. The molecular formula is C14H24N2O5. The zero-order valence-electron chi connectivity index (χ0n) is 13.0. The number of carboxylic acid groups (broad SMARTS) is 1. The monoisotopic (exact) mass is 300 g/mol. The summed E-state index contributed by atoms with van der Waals surface area (Å²) >= 11 is 0. The van der Waals surface area contributed by atoms with Crippen molar-refractivity contribution in [2.75, 3.05) is 26.7 Å². The third kappa shape index (κ3) is 3.47. The van der Waals surface area contributed by atoms with Crippen molar-refractivity contribution in [2.24, 2.45) is 0 Å². The molecule has 7 heteroatoms. The highest BCUT2D eigenvalue weighted by molar-refractivity contribution is 5.83. The quantitative estimate of drug-likeness (QED) is 0.815. The van der Waals surface area contributed by atoms with E-state index in [2.05, 4.69) is 0 Å². The van der Waals surface area contributed by atoms with Gasteiger partial charge in [0.1, 0.15) is 6.04 Å². The second-order valence-electron chi connectivity index (χ2n) is 6.45. The minimum absolute atomic E-state index is 0.0678. The van der Waals surface area contributed by atoms with Gasteiger partial charge in [-0.3, -0.25) is 0 Å². The molecule has 3 atom stereocenters. The number of urea groups is 1. The first kappa shape index (κ1) is 16.0. The van der Waals surface area contributed by atoms with Gasteiger partial charge in [0.25, 0.3) is 0 Å². The fraction of sp³-hybridized carbons (Fsp3) is 0.857. The van der Waals surface area contributed by atoms with Crippen LogP contribution in [0, 0.1) is 0 Å². The molecule has 7 nitrogen and oxygen atoms in total. The largest absolute Gasteiger partial charge is 0.480 e. The van der Waals surface area contributed by atoms with Crippen molar-refractivity contribution in [1.29, 1.82) is 0 Å². The van der Waals surface area contributed by atoms with Crippen LogP contribution in [0.25, 0.3) is 0 Å². The Morgan fingerprint density at radius 3 is 2.52 bits per heavy atom. The van der Waals surface area contributed by atoms with E-state index in [0.29, 0.717) is 26.1 Å². The average molecular weight is 300 g/mol. The fourth-order valence-electron chi connectivity index (χ4n) is 3.19. The Morgan fingerprint density at radius 2 is 2.00 bits per heavy atom. The summed E-state index contributed by atoms with van der Waals surface area (Å²) in [5.41, 5.74) is -0.424. The first-order valence-corrected chi connectivity index (χ1v) is 7.22. The van der Waals surface area contributed by atoms with Gasteiger partial charge in [-0.05, 0) is 20.8 Å². The van der Waals surface area contributed by atoms with Gasteiger partial charge in [0.05, 0.1) is 24.4 Å². The van der Waals surface area contributed by atoms with Gasteiger partial charge < -0.3 is 24.4 Å². The molecular weight excluding hydrogens is 276 g/mol. The summed E-state index contributed by atoms with van der Waals surface area (Å²) in [6, 6.07) is -1.06. The Bertz CT molecular complexity index is 426. The molecule has 0 radical (unpaired) electrons. The molecule has 2 fully saturated rings. The predicted octanol–water partition coefficient (Wildman–Crippen LogP) is 0.780. The van der Waals surface area contributed by atoms with Crippen molar-refractivity contribution in [3.63, 3.8) is 0 Å². The van der Waals surface area contributed by atoms with Gasteiger partial charge in [0.15, 0.2) is 0 Å². The first-order chi connectivity index (χ1) is 9.73. The van der Waals surface area contributed by atoms with Crippen molar-refractivity contribution in [1.82, 2.24) is 9.80 Å². The smallest absolute Gasteiger partial charge is 0.326 e. The Morgan fingerprint density at radius 1 is 1.33 bits per heavy atom. The summed E-state index contributed by atoms with van der Waals surface area (Å²) in [6.45, 7) is 7.02. The number of ether oxygens (including phenoxy) is 2. The van der Waals surface area contributed by atoms with E-state index < -0.39 is 17.6 Å². The highest BCUT2D eigenvalue weighted by atomic mass is 16.5. The number of rotatable bonds is 2. The number of methoxy groups -OCH3 is 1. The topological polar surface area (TPSA) is 79.3 Å². The lowest BCUT2D eigenvalue weighted by Gasteiger charge is -2.43. The zero-order chi connectivity index (χ0) is 15.8. The normalized spacial score (nSPS) is 32.3. The minimum Gasteiger partial charge on any atom is -0.480 e. The van der Waals surface area contributed by atoms with Crippen LogP contribution in [0.1, 0.15) is 27.2 Å². The molecule has 2 amide bonds. The molecule has 2 aliphatic rings. The number of carbonyl (C=O) groups excluding carboxylic acids is 1. The molecule has 2 aliphatic heterocycles. The van der Waals surface area contributed by atoms with E-state index in [1.165, 1.54) is 12.0 Å². The Labute approximate surface area is 124 Å². The van der Waals surface area contributed by atoms with Gasteiger partial charge in [0.2, 0.25) is 0 Å². The molecule has 21 heavy (non-hydrogen) atoms. The van der Waals surface area contributed by atoms with Crippen molar-refractivity contribution in [3.8, 4) is 0 Å². The molecule has 3 unspecified atom stereocenters. The van der Waals surface area contributed by atoms with Crippen LogP contribution in [0.15, 0.2) is 0 Å². The maximum Gasteiger partial charge on any atom is 0.326 e. The molecule has 0 aromatic heterocycles. The number of hydrogen-bond acceptors (Lipinski definition) is 4. The SMILES string of the molecule is COC1CC(C(=O)O)N(C(=O)N2CC(C)OC(C)(C)C2)C1. The van der Waals surface area contributed by atoms with Crippen molar-refractivity contribution in [2.45, 2.75) is 51.0 Å². The molecule has 0 bridgehead atoms. The highest BCUT2D eigenvalue weighted by Crippen LogP contribution is 2.26. The Balaban J connectivity index is 2.12. The Hall–Kier alpha value is -1.34. The van der Waals surface area contributed by atoms with Gasteiger partial charge in [-0.25, -0.2) is 9.59 Å². The Kier molecular flexibility index (Phi) is 4.43. The molecule has 120 valence electrons. The van der Waals surface area contributed by atoms with E-state index in [4.69, 9.17) is 9.47 Å². The standard InChI is InChI=1S/C14H24N2O5/c1-9-6-15(8-14(2,3)21-9)13(19)16-7-10(20-4)5-11(16)12(17)18/h9-11H,5-8H2,1-4H3,(H,17,18). The maximum absolute atomic E-state index is 12.7. The molecule has 2 rings (SSSR count). The summed E-state index contributed by atoms with van der Waals surface area (Å²) in [5, 5.41) is 9.31. The van der Waals surface area contributed by atoms with Crippen molar-refractivity contribution < 1.29 is 24.2 Å². The van der Waals surface area contributed by atoms with Crippen LogP contribution in [0.2, 0.25) is 0 Å². The van der Waals surface area contributed by atoms with Crippen LogP contribution in [-0.4, -0.2) is 77.5 Å². The van der Waals surface area contributed by atoms with Gasteiger partial charge >= 0.3 is 12.0 Å². The van der Waals surface area contributed by atoms with E-state index in [1.54, 1.807) is 4.90 Å². The van der Waals surface area contributed by atoms with E-state index in [1.807, 2.05) is 20.8 Å². The van der Waals surface area contributed by atoms with E-state index in [9.17, 15) is 14.7 Å². The molecule has 0 aliphatic carbocycles. The van der Waals surface area contributed by atoms with Gasteiger partial charge in [-0.2, -0.15) is 0 Å². The number of carboxylic acids is 1. The highest BCUT2D eigenvalue weighted by Gasteiger charge is 2.43. The van der Waals surface area contributed by atoms with Crippen LogP contribution in [-0.2, 0) is 14.3 Å². The van der Waals surface area contributed by atoms with E-state index >= 15 is 0 Å². The number of carbonyl (C=O) groups is 2. The first-order valence-electron chi connectivity index (χ1n) is 7.22. The number of amides is 2. The number of aliphatic carboxylic acids is 1. The molecule has 2 heterocycles. The summed E-state index contributed by atoms with van der Waals surface area (Å²) in [6.07, 6.45) is 0.0456. The average Bonchev–Trinajstić information content (AvgIpc) is 2.79. The summed E-state index contributed by atoms with van der Waals surface area (Å²) in [7, 11) is 1.54. The van der Waals surface area contributed by atoms with Crippen LogP contribution in [0.5, 0.6) is 0 Å². The van der Waals surface area contributed by atoms with Gasteiger partial charge in [-0.1, -0.05) is 0 Å². The third-order valence-corrected chi connectivity index (χ3v) is 3.97. The van der Waals surface area contributed by atoms with Crippen LogP contribution < -0.4 is 0 Å². The zero-order valence-corrected chi connectivity index (χ0v) is 13.0. The van der Waals surface area contributed by atoms with Crippen molar-refractivity contribution in [3.05, 3.63) is 0 Å². The lowest BCUT2D eigenvalue weighted by molar-refractivity contribution is -0.142. The molecule has 2 saturated heterocycles. The second kappa shape index (κ2) is 5.81. The second-order valence-corrected chi connectivity index (χ2v) is 6.45. The molecule has 0 spiro atoms. The minimum atomic E-state index is -0.983. The molecule has 0 saturated carbocycles. The fourth-order valence-corrected chi connectivity index (χ4v) is 3.19. The number of morpholine rings is 1. The predicted molar refractivity (Wildman–Crippen MR) is 75.1 cm³/mol. The molecule has 0 aromatic rings. The van der Waals surface area contributed by atoms with E-state index in [-0.39, 0.29) is 18.2 Å². The number of nitrogens with zero attached hydrogens (tertiary/aromatic N) is 2.